The number of carbonyl (C=O) groups is 1. The van der Waals surface area contributed by atoms with Crippen molar-refractivity contribution in [3.63, 3.8) is 0 Å². The fourth-order valence-corrected chi connectivity index (χ4v) is 3.45. The molecule has 0 amide bonds. The van der Waals surface area contributed by atoms with Crippen LogP contribution in [-0.2, 0) is 11.2 Å². The molecule has 1 heterocycles. The van der Waals surface area contributed by atoms with E-state index in [4.69, 9.17) is 21.6 Å². The monoisotopic (exact) mass is 477 g/mol. The number of hydrogen-bond acceptors (Lipinski definition) is 5. The number of pyridine rings is 1. The average molecular weight is 478 g/mol. The van der Waals surface area contributed by atoms with Gasteiger partial charge in [0.25, 0.3) is 0 Å². The van der Waals surface area contributed by atoms with E-state index in [1.165, 1.54) is 11.1 Å². The Bertz CT molecular complexity index is 1070. The van der Waals surface area contributed by atoms with Crippen LogP contribution in [0.4, 0.5) is 0 Å². The average Bonchev–Trinajstić information content (AvgIpc) is 2.88. The third-order valence-electron chi connectivity index (χ3n) is 5.80. The summed E-state index contributed by atoms with van der Waals surface area (Å²) in [5.41, 5.74) is 2.38. The maximum atomic E-state index is 10.7. The molecule has 0 spiro atoms. The second kappa shape index (κ2) is 13.5. The van der Waals surface area contributed by atoms with Crippen LogP contribution in [0.1, 0.15) is 49.8 Å². The summed E-state index contributed by atoms with van der Waals surface area (Å²) in [5, 5.41) is 13.2. The molecule has 0 aliphatic carbocycles. The van der Waals surface area contributed by atoms with Gasteiger partial charge in [0, 0.05) is 29.2 Å². The van der Waals surface area contributed by atoms with E-state index in [9.17, 15) is 4.79 Å². The van der Waals surface area contributed by atoms with Crippen molar-refractivity contribution in [2.24, 2.45) is 0 Å². The SMILES string of the molecule is CCC(C)(C=O)Oc1ccccn1.CNC(C)C(Cc1ccc(Cl)cc1)c1cccc(C#N)c1. The Balaban J connectivity index is 0.000000270. The van der Waals surface area contributed by atoms with Crippen LogP contribution in [-0.4, -0.2) is 30.0 Å². The number of likely N-dealkylation sites (N-methyl/N-ethyl adjacent to an activating group) is 1. The molecule has 6 heteroatoms. The Morgan fingerprint density at radius 3 is 2.47 bits per heavy atom. The van der Waals surface area contributed by atoms with Crippen molar-refractivity contribution in [3.05, 3.63) is 94.6 Å². The van der Waals surface area contributed by atoms with Crippen LogP contribution in [0.3, 0.4) is 0 Å². The fourth-order valence-electron chi connectivity index (χ4n) is 3.32. The summed E-state index contributed by atoms with van der Waals surface area (Å²) in [5.74, 6) is 0.795. The summed E-state index contributed by atoms with van der Waals surface area (Å²) in [6, 6.07) is 23.7. The Morgan fingerprint density at radius 2 is 1.91 bits per heavy atom. The molecule has 1 N–H and O–H groups in total. The van der Waals surface area contributed by atoms with Crippen LogP contribution < -0.4 is 10.1 Å². The van der Waals surface area contributed by atoms with Crippen molar-refractivity contribution in [3.8, 4) is 11.9 Å². The van der Waals surface area contributed by atoms with Gasteiger partial charge in [-0.05, 0) is 75.2 Å². The number of aldehydes is 1. The number of benzene rings is 2. The lowest BCUT2D eigenvalue weighted by molar-refractivity contribution is -0.120. The predicted molar refractivity (Wildman–Crippen MR) is 137 cm³/mol. The minimum absolute atomic E-state index is 0.310. The minimum Gasteiger partial charge on any atom is -0.464 e. The molecule has 178 valence electrons. The number of carbonyl (C=O) groups excluding carboxylic acids is 1. The van der Waals surface area contributed by atoms with Crippen LogP contribution in [0.25, 0.3) is 0 Å². The number of nitrogens with zero attached hydrogens (tertiary/aromatic N) is 2. The highest BCUT2D eigenvalue weighted by molar-refractivity contribution is 6.30. The number of nitrogens with one attached hydrogen (secondary N) is 1. The molecule has 3 aromatic rings. The maximum Gasteiger partial charge on any atom is 0.214 e. The van der Waals surface area contributed by atoms with E-state index >= 15 is 0 Å². The lowest BCUT2D eigenvalue weighted by Gasteiger charge is -2.24. The van der Waals surface area contributed by atoms with Crippen LogP contribution in [0.5, 0.6) is 5.88 Å². The fraction of sp³-hybridized carbons (Fsp3) is 0.321. The Hall–Kier alpha value is -3.20. The first-order chi connectivity index (χ1) is 16.3. The summed E-state index contributed by atoms with van der Waals surface area (Å²) < 4.78 is 5.42. The van der Waals surface area contributed by atoms with Gasteiger partial charge in [0.2, 0.25) is 5.88 Å². The molecule has 3 rings (SSSR count). The van der Waals surface area contributed by atoms with Gasteiger partial charge in [-0.2, -0.15) is 5.26 Å². The van der Waals surface area contributed by atoms with Crippen LogP contribution in [0.15, 0.2) is 72.9 Å². The zero-order chi connectivity index (χ0) is 25.0. The highest BCUT2D eigenvalue weighted by Crippen LogP contribution is 2.26. The van der Waals surface area contributed by atoms with Gasteiger partial charge in [-0.15, -0.1) is 0 Å². The highest BCUT2D eigenvalue weighted by Gasteiger charge is 2.23. The zero-order valence-electron chi connectivity index (χ0n) is 20.2. The quantitative estimate of drug-likeness (QED) is 0.384. The molecule has 3 atom stereocenters. The van der Waals surface area contributed by atoms with Crippen molar-refractivity contribution in [1.29, 1.82) is 5.26 Å². The Kier molecular flexibility index (Phi) is 10.7. The molecule has 0 radical (unpaired) electrons. The molecule has 2 aromatic carbocycles. The predicted octanol–water partition coefficient (Wildman–Crippen LogP) is 5.97. The highest BCUT2D eigenvalue weighted by atomic mass is 35.5. The lowest BCUT2D eigenvalue weighted by Crippen LogP contribution is -2.33. The topological polar surface area (TPSA) is 75.0 Å². The van der Waals surface area contributed by atoms with Crippen molar-refractivity contribution in [2.75, 3.05) is 7.05 Å². The van der Waals surface area contributed by atoms with Gasteiger partial charge in [0.15, 0.2) is 11.9 Å². The molecular formula is C28H32ClN3O2. The summed E-state index contributed by atoms with van der Waals surface area (Å²) >= 11 is 5.95. The van der Waals surface area contributed by atoms with Gasteiger partial charge in [0.1, 0.15) is 0 Å². The molecule has 0 saturated carbocycles. The van der Waals surface area contributed by atoms with E-state index in [1.807, 2.05) is 50.4 Å². The molecule has 0 aliphatic rings. The minimum atomic E-state index is -0.756. The third-order valence-corrected chi connectivity index (χ3v) is 6.05. The molecule has 0 bridgehead atoms. The second-order valence-corrected chi connectivity index (χ2v) is 8.74. The Morgan fingerprint density at radius 1 is 1.18 bits per heavy atom. The smallest absolute Gasteiger partial charge is 0.214 e. The first-order valence-corrected chi connectivity index (χ1v) is 11.7. The van der Waals surface area contributed by atoms with Gasteiger partial charge < -0.3 is 10.1 Å². The van der Waals surface area contributed by atoms with Crippen molar-refractivity contribution >= 4 is 17.9 Å². The van der Waals surface area contributed by atoms with E-state index in [1.54, 1.807) is 25.3 Å². The van der Waals surface area contributed by atoms with Gasteiger partial charge in [-0.3, -0.25) is 4.79 Å². The van der Waals surface area contributed by atoms with Crippen LogP contribution in [0, 0.1) is 11.3 Å². The number of aromatic nitrogens is 1. The van der Waals surface area contributed by atoms with Gasteiger partial charge in [-0.25, -0.2) is 4.98 Å². The largest absolute Gasteiger partial charge is 0.464 e. The summed E-state index contributed by atoms with van der Waals surface area (Å²) in [6.07, 6.45) is 3.99. The van der Waals surface area contributed by atoms with Gasteiger partial charge >= 0.3 is 0 Å². The Labute approximate surface area is 207 Å². The third kappa shape index (κ3) is 8.30. The molecule has 5 nitrogen and oxygen atoms in total. The molecule has 3 unspecified atom stereocenters. The van der Waals surface area contributed by atoms with E-state index in [2.05, 4.69) is 41.5 Å². The summed E-state index contributed by atoms with van der Waals surface area (Å²) in [6.45, 7) is 5.81. The zero-order valence-corrected chi connectivity index (χ0v) is 20.9. The van der Waals surface area contributed by atoms with Gasteiger partial charge in [0.05, 0.1) is 11.6 Å². The normalized spacial score (nSPS) is 13.9. The number of rotatable bonds is 9. The first-order valence-electron chi connectivity index (χ1n) is 11.3. The van der Waals surface area contributed by atoms with E-state index in [-0.39, 0.29) is 0 Å². The molecule has 34 heavy (non-hydrogen) atoms. The van der Waals surface area contributed by atoms with E-state index in [0.717, 1.165) is 17.7 Å². The van der Waals surface area contributed by atoms with Crippen LogP contribution >= 0.6 is 11.6 Å². The standard InChI is InChI=1S/C18H19ClN2.C10H13NO2/c1-13(21-2)18(11-14-6-8-17(19)9-7-14)16-5-3-4-15(10-16)12-20;1-3-10(2,8-12)13-9-6-4-5-7-11-9/h3-10,13,18,21H,11H2,1-2H3;4-8H,3H2,1-2H3. The van der Waals surface area contributed by atoms with Crippen molar-refractivity contribution in [2.45, 2.75) is 51.2 Å². The molecule has 1 aromatic heterocycles. The number of halogens is 1. The van der Waals surface area contributed by atoms with E-state index < -0.39 is 5.60 Å². The molecular weight excluding hydrogens is 446 g/mol. The number of hydrogen-bond donors (Lipinski definition) is 1. The summed E-state index contributed by atoms with van der Waals surface area (Å²) in [4.78, 5) is 14.7. The van der Waals surface area contributed by atoms with Crippen LogP contribution in [0.2, 0.25) is 5.02 Å². The summed E-state index contributed by atoms with van der Waals surface area (Å²) in [7, 11) is 1.97. The maximum absolute atomic E-state index is 10.7. The second-order valence-electron chi connectivity index (χ2n) is 8.31. The van der Waals surface area contributed by atoms with E-state index in [0.29, 0.717) is 29.8 Å². The number of nitriles is 1. The van der Waals surface area contributed by atoms with Crippen molar-refractivity contribution < 1.29 is 9.53 Å². The first kappa shape index (κ1) is 27.0. The number of ether oxygens (including phenoxy) is 1. The lowest BCUT2D eigenvalue weighted by atomic mass is 9.86. The van der Waals surface area contributed by atoms with Gasteiger partial charge in [-0.1, -0.05) is 48.9 Å². The molecule has 0 aliphatic heterocycles. The molecule has 0 fully saturated rings. The molecule has 0 saturated heterocycles. The van der Waals surface area contributed by atoms with Crippen molar-refractivity contribution in [1.82, 2.24) is 10.3 Å².